The molecule has 0 fully saturated rings. The van der Waals surface area contributed by atoms with Crippen LogP contribution >= 0.6 is 0 Å². The molecule has 0 bridgehead atoms. The first-order valence-corrected chi connectivity index (χ1v) is 8.61. The number of nitrogens with zero attached hydrogens (tertiary/aromatic N) is 3. The maximum absolute atomic E-state index is 14.6. The molecule has 0 amide bonds. The number of aromatic amines is 1. The van der Waals surface area contributed by atoms with Gasteiger partial charge in [-0.15, -0.1) is 0 Å². The van der Waals surface area contributed by atoms with Crippen LogP contribution in [0.5, 0.6) is 0 Å². The van der Waals surface area contributed by atoms with Crippen molar-refractivity contribution in [3.63, 3.8) is 0 Å². The molecule has 0 aliphatic carbocycles. The summed E-state index contributed by atoms with van der Waals surface area (Å²) in [5.74, 6) is 0.0415. The van der Waals surface area contributed by atoms with Crippen LogP contribution in [-0.4, -0.2) is 19.7 Å². The number of hydrogen-bond acceptors (Lipinski definition) is 2. The Morgan fingerprint density at radius 3 is 2.88 bits per heavy atom. The Hall–Kier alpha value is -3.02. The van der Waals surface area contributed by atoms with E-state index in [2.05, 4.69) is 19.7 Å². The number of aromatic nitrogens is 4. The first-order valence-electron chi connectivity index (χ1n) is 8.61. The van der Waals surface area contributed by atoms with E-state index in [1.807, 2.05) is 18.2 Å². The summed E-state index contributed by atoms with van der Waals surface area (Å²) in [6.07, 6.45) is 3.61. The second-order valence-corrected chi connectivity index (χ2v) is 6.73. The highest BCUT2D eigenvalue weighted by atomic mass is 19.1. The summed E-state index contributed by atoms with van der Waals surface area (Å²) >= 11 is 0. The Morgan fingerprint density at radius 1 is 1.12 bits per heavy atom. The third-order valence-corrected chi connectivity index (χ3v) is 5.05. The van der Waals surface area contributed by atoms with Crippen molar-refractivity contribution in [2.75, 3.05) is 0 Å². The van der Waals surface area contributed by atoms with Crippen molar-refractivity contribution < 1.29 is 8.78 Å². The smallest absolute Gasteiger partial charge is 0.133 e. The molecule has 4 nitrogen and oxygen atoms in total. The second kappa shape index (κ2) is 5.49. The zero-order chi connectivity index (χ0) is 17.8. The van der Waals surface area contributed by atoms with E-state index in [-0.39, 0.29) is 5.56 Å². The van der Waals surface area contributed by atoms with E-state index < -0.39 is 11.6 Å². The van der Waals surface area contributed by atoms with Crippen LogP contribution in [0, 0.1) is 18.6 Å². The lowest BCUT2D eigenvalue weighted by Gasteiger charge is -2.10. The topological polar surface area (TPSA) is 46.5 Å². The fourth-order valence-corrected chi connectivity index (χ4v) is 3.72. The van der Waals surface area contributed by atoms with E-state index in [0.29, 0.717) is 11.3 Å². The Balaban J connectivity index is 1.78. The van der Waals surface area contributed by atoms with Crippen LogP contribution in [0.25, 0.3) is 33.4 Å². The van der Waals surface area contributed by atoms with Crippen LogP contribution in [0.4, 0.5) is 8.78 Å². The van der Waals surface area contributed by atoms with Crippen molar-refractivity contribution in [3.8, 4) is 22.5 Å². The van der Waals surface area contributed by atoms with Crippen molar-refractivity contribution in [1.82, 2.24) is 19.7 Å². The molecule has 6 heteroatoms. The fourth-order valence-electron chi connectivity index (χ4n) is 3.72. The minimum atomic E-state index is -0.452. The van der Waals surface area contributed by atoms with E-state index in [1.165, 1.54) is 12.1 Å². The lowest BCUT2D eigenvalue weighted by Crippen LogP contribution is -1.97. The molecule has 130 valence electrons. The molecule has 2 aromatic heterocycles. The summed E-state index contributed by atoms with van der Waals surface area (Å²) in [7, 11) is 0. The second-order valence-electron chi connectivity index (χ2n) is 6.73. The Bertz CT molecular complexity index is 1160. The molecule has 0 saturated heterocycles. The zero-order valence-corrected chi connectivity index (χ0v) is 14.2. The number of benzene rings is 2. The highest BCUT2D eigenvalue weighted by Gasteiger charge is 2.25. The number of halogens is 2. The number of hydrogen-bond donors (Lipinski definition) is 1. The molecule has 4 aromatic rings. The first kappa shape index (κ1) is 15.3. The molecule has 0 radical (unpaired) electrons. The Morgan fingerprint density at radius 2 is 2.00 bits per heavy atom. The van der Waals surface area contributed by atoms with Crippen LogP contribution in [0.1, 0.15) is 17.8 Å². The number of imidazole rings is 1. The molecule has 0 spiro atoms. The van der Waals surface area contributed by atoms with Crippen LogP contribution in [0.15, 0.2) is 36.5 Å². The average Bonchev–Trinajstić information content (AvgIpc) is 3.32. The maximum atomic E-state index is 14.6. The molecule has 0 unspecified atom stereocenters. The van der Waals surface area contributed by atoms with Gasteiger partial charge in [-0.3, -0.25) is 5.10 Å². The van der Waals surface area contributed by atoms with Crippen molar-refractivity contribution >= 4 is 10.9 Å². The quantitative estimate of drug-likeness (QED) is 0.573. The van der Waals surface area contributed by atoms with Crippen molar-refractivity contribution in [3.05, 3.63) is 59.6 Å². The van der Waals surface area contributed by atoms with Gasteiger partial charge >= 0.3 is 0 Å². The summed E-state index contributed by atoms with van der Waals surface area (Å²) in [5.41, 5.74) is 3.69. The molecule has 5 rings (SSSR count). The van der Waals surface area contributed by atoms with Crippen LogP contribution in [-0.2, 0) is 13.0 Å². The average molecular weight is 350 g/mol. The van der Waals surface area contributed by atoms with E-state index in [1.54, 1.807) is 13.1 Å². The summed E-state index contributed by atoms with van der Waals surface area (Å²) in [5, 5.41) is 7.96. The summed E-state index contributed by atoms with van der Waals surface area (Å²) < 4.78 is 30.9. The Kier molecular flexibility index (Phi) is 3.22. The minimum Gasteiger partial charge on any atom is -0.327 e. The van der Waals surface area contributed by atoms with E-state index in [0.717, 1.165) is 47.4 Å². The predicted molar refractivity (Wildman–Crippen MR) is 95.7 cm³/mol. The van der Waals surface area contributed by atoms with Crippen molar-refractivity contribution in [2.24, 2.45) is 0 Å². The maximum Gasteiger partial charge on any atom is 0.133 e. The van der Waals surface area contributed by atoms with Crippen molar-refractivity contribution in [1.29, 1.82) is 0 Å². The van der Waals surface area contributed by atoms with Crippen LogP contribution in [0.2, 0.25) is 0 Å². The van der Waals surface area contributed by atoms with Gasteiger partial charge < -0.3 is 4.57 Å². The highest BCUT2D eigenvalue weighted by molar-refractivity contribution is 5.87. The van der Waals surface area contributed by atoms with Gasteiger partial charge in [0, 0.05) is 29.5 Å². The van der Waals surface area contributed by atoms with E-state index >= 15 is 0 Å². The predicted octanol–water partition coefficient (Wildman–Crippen LogP) is 4.63. The number of fused-ring (bicyclic) bond motifs is 2. The molecule has 2 aromatic carbocycles. The summed E-state index contributed by atoms with van der Waals surface area (Å²) in [6.45, 7) is 2.39. The number of aryl methyl sites for hydroxylation is 2. The van der Waals surface area contributed by atoms with E-state index in [4.69, 9.17) is 0 Å². The number of H-pyrrole nitrogens is 1. The Labute approximate surface area is 148 Å². The normalized spacial score (nSPS) is 13.5. The van der Waals surface area contributed by atoms with Gasteiger partial charge in [0.1, 0.15) is 17.5 Å². The highest BCUT2D eigenvalue weighted by Crippen LogP contribution is 2.38. The molecule has 1 aliphatic rings. The SMILES string of the molecule is Cc1cc(F)c(-c2nc3n(c2-c2ccc4[nH]ncc4c2)CCC3)cc1F. The summed E-state index contributed by atoms with van der Waals surface area (Å²) in [4.78, 5) is 4.67. The molecule has 0 atom stereocenters. The fraction of sp³-hybridized carbons (Fsp3) is 0.200. The number of nitrogens with one attached hydrogen (secondary N) is 1. The third-order valence-electron chi connectivity index (χ3n) is 5.05. The molecule has 1 aliphatic heterocycles. The zero-order valence-electron chi connectivity index (χ0n) is 14.2. The van der Waals surface area contributed by atoms with Gasteiger partial charge in [-0.25, -0.2) is 13.8 Å². The first-order chi connectivity index (χ1) is 12.6. The lowest BCUT2D eigenvalue weighted by molar-refractivity contribution is 0.595. The van der Waals surface area contributed by atoms with E-state index in [9.17, 15) is 8.78 Å². The molecule has 1 N–H and O–H groups in total. The van der Waals surface area contributed by atoms with Gasteiger partial charge in [0.05, 0.1) is 23.1 Å². The monoisotopic (exact) mass is 350 g/mol. The third kappa shape index (κ3) is 2.18. The molecule has 3 heterocycles. The molecular formula is C20H16F2N4. The largest absolute Gasteiger partial charge is 0.327 e. The van der Waals surface area contributed by atoms with Gasteiger partial charge in [-0.05, 0) is 43.2 Å². The van der Waals surface area contributed by atoms with Crippen molar-refractivity contribution in [2.45, 2.75) is 26.3 Å². The van der Waals surface area contributed by atoms with Gasteiger partial charge in [-0.1, -0.05) is 6.07 Å². The molecule has 0 saturated carbocycles. The summed E-state index contributed by atoms with van der Waals surface area (Å²) in [6, 6.07) is 8.41. The van der Waals surface area contributed by atoms with Gasteiger partial charge in [0.25, 0.3) is 0 Å². The molecule has 26 heavy (non-hydrogen) atoms. The van der Waals surface area contributed by atoms with Gasteiger partial charge in [0.2, 0.25) is 0 Å². The molecular weight excluding hydrogens is 334 g/mol. The number of rotatable bonds is 2. The van der Waals surface area contributed by atoms with Gasteiger partial charge in [0.15, 0.2) is 0 Å². The van der Waals surface area contributed by atoms with Crippen LogP contribution in [0.3, 0.4) is 0 Å². The standard InChI is InChI=1S/C20H16F2N4/c1-11-7-16(22)14(9-15(11)21)19-20(26-6-2-3-18(26)24-19)12-4-5-17-13(8-12)10-23-25-17/h4-5,7-10H,2-3,6H2,1H3,(H,23,25). The van der Waals surface area contributed by atoms with Gasteiger partial charge in [-0.2, -0.15) is 5.10 Å². The minimum absolute atomic E-state index is 0.206. The van der Waals surface area contributed by atoms with Crippen LogP contribution < -0.4 is 0 Å². The lowest BCUT2D eigenvalue weighted by atomic mass is 10.0.